The first kappa shape index (κ1) is 17.4. The molecule has 3 rings (SSSR count). The van der Waals surface area contributed by atoms with Crippen molar-refractivity contribution in [3.63, 3.8) is 0 Å². The Kier molecular flexibility index (Phi) is 4.23. The minimum atomic E-state index is -0.761. The van der Waals surface area contributed by atoms with Crippen LogP contribution in [0.3, 0.4) is 0 Å². The maximum atomic E-state index is 12.2. The van der Waals surface area contributed by atoms with Gasteiger partial charge in [0.25, 0.3) is 0 Å². The lowest BCUT2D eigenvalue weighted by atomic mass is 9.53. The van der Waals surface area contributed by atoms with E-state index in [0.29, 0.717) is 43.6 Å². The molecule has 4 atom stereocenters. The van der Waals surface area contributed by atoms with Gasteiger partial charge in [0, 0.05) is 11.8 Å². The Morgan fingerprint density at radius 1 is 1.33 bits per heavy atom. The molecule has 0 heterocycles. The maximum Gasteiger partial charge on any atom is 0.313 e. The van der Waals surface area contributed by atoms with Gasteiger partial charge in [-0.15, -0.1) is 0 Å². The summed E-state index contributed by atoms with van der Waals surface area (Å²) in [5, 5.41) is 20.9. The highest BCUT2D eigenvalue weighted by Gasteiger charge is 2.59. The van der Waals surface area contributed by atoms with Crippen LogP contribution < -0.4 is 0 Å². The standard InChI is InChI=1S/C20H28O4/c1-12(2)14-6-7-20(18(23)24)9-8-19(3)15(17(14)20)5-4-13(11-21)10-16(19)22/h4,11-12,15-16,22H,5-10H2,1-3H3,(H,23,24)/t15-,16?,19-,20+/m0/s1. The molecule has 0 aromatic carbocycles. The van der Waals surface area contributed by atoms with Crippen molar-refractivity contribution in [1.29, 1.82) is 0 Å². The van der Waals surface area contributed by atoms with Crippen molar-refractivity contribution in [1.82, 2.24) is 0 Å². The third-order valence-electron chi connectivity index (χ3n) is 6.98. The molecule has 4 heteroatoms. The summed E-state index contributed by atoms with van der Waals surface area (Å²) in [5.74, 6) is -0.387. The van der Waals surface area contributed by atoms with Crippen LogP contribution in [0.2, 0.25) is 0 Å². The number of aldehydes is 1. The number of rotatable bonds is 3. The number of hydrogen-bond acceptors (Lipinski definition) is 3. The molecule has 0 saturated heterocycles. The highest BCUT2D eigenvalue weighted by molar-refractivity contribution is 5.81. The molecular weight excluding hydrogens is 304 g/mol. The number of fused-ring (bicyclic) bond motifs is 3. The van der Waals surface area contributed by atoms with Crippen molar-refractivity contribution in [3.05, 3.63) is 22.8 Å². The third-order valence-corrected chi connectivity index (χ3v) is 6.98. The Labute approximate surface area is 143 Å². The molecule has 1 fully saturated rings. The molecule has 3 aliphatic rings. The SMILES string of the molecule is CC(C)C1=C2[C@@H]3CC=C(C=O)CC(O)[C@@]3(C)CC[C@]2(C(=O)O)CC1. The molecule has 132 valence electrons. The molecule has 0 spiro atoms. The van der Waals surface area contributed by atoms with Crippen LogP contribution >= 0.6 is 0 Å². The first-order valence-electron chi connectivity index (χ1n) is 9.05. The lowest BCUT2D eigenvalue weighted by Gasteiger charge is -2.51. The second kappa shape index (κ2) is 5.83. The molecule has 1 saturated carbocycles. The van der Waals surface area contributed by atoms with Crippen LogP contribution in [0.5, 0.6) is 0 Å². The van der Waals surface area contributed by atoms with E-state index in [-0.39, 0.29) is 11.3 Å². The van der Waals surface area contributed by atoms with E-state index in [4.69, 9.17) is 0 Å². The van der Waals surface area contributed by atoms with Crippen molar-refractivity contribution in [2.45, 2.75) is 65.4 Å². The van der Waals surface area contributed by atoms with Crippen LogP contribution in [-0.4, -0.2) is 28.6 Å². The van der Waals surface area contributed by atoms with Crippen molar-refractivity contribution in [2.75, 3.05) is 0 Å². The number of allylic oxidation sites excluding steroid dienone is 2. The van der Waals surface area contributed by atoms with Gasteiger partial charge in [-0.25, -0.2) is 0 Å². The minimum Gasteiger partial charge on any atom is -0.481 e. The fraction of sp³-hybridized carbons (Fsp3) is 0.700. The summed E-state index contributed by atoms with van der Waals surface area (Å²) in [5.41, 5.74) is 1.86. The van der Waals surface area contributed by atoms with Crippen molar-refractivity contribution in [2.24, 2.45) is 22.7 Å². The van der Waals surface area contributed by atoms with E-state index in [1.54, 1.807) is 0 Å². The molecule has 4 nitrogen and oxygen atoms in total. The number of carbonyl (C=O) groups excluding carboxylic acids is 1. The van der Waals surface area contributed by atoms with Gasteiger partial charge in [-0.05, 0) is 55.1 Å². The maximum absolute atomic E-state index is 12.2. The average molecular weight is 332 g/mol. The zero-order chi connectivity index (χ0) is 17.7. The van der Waals surface area contributed by atoms with Gasteiger partial charge in [0.1, 0.15) is 6.29 Å². The van der Waals surface area contributed by atoms with Crippen LogP contribution in [0.4, 0.5) is 0 Å². The summed E-state index contributed by atoms with van der Waals surface area (Å²) in [6.07, 6.45) is 5.99. The van der Waals surface area contributed by atoms with Crippen LogP contribution in [0.15, 0.2) is 22.8 Å². The van der Waals surface area contributed by atoms with Gasteiger partial charge < -0.3 is 10.2 Å². The van der Waals surface area contributed by atoms with E-state index < -0.39 is 17.5 Å². The molecule has 2 N–H and O–H groups in total. The predicted octanol–water partition coefficient (Wildman–Crippen LogP) is 3.50. The van der Waals surface area contributed by atoms with Gasteiger partial charge in [-0.2, -0.15) is 0 Å². The number of aliphatic hydroxyl groups excluding tert-OH is 1. The number of hydrogen-bond donors (Lipinski definition) is 2. The summed E-state index contributed by atoms with van der Waals surface area (Å²) in [4.78, 5) is 23.5. The summed E-state index contributed by atoms with van der Waals surface area (Å²) < 4.78 is 0. The summed E-state index contributed by atoms with van der Waals surface area (Å²) in [6, 6.07) is 0. The normalized spacial score (nSPS) is 39.1. The summed E-state index contributed by atoms with van der Waals surface area (Å²) in [7, 11) is 0. The molecule has 0 aromatic heterocycles. The average Bonchev–Trinajstić information content (AvgIpc) is 2.88. The number of aliphatic carboxylic acids is 1. The highest BCUT2D eigenvalue weighted by atomic mass is 16.4. The van der Waals surface area contributed by atoms with E-state index in [1.807, 2.05) is 6.08 Å². The van der Waals surface area contributed by atoms with Crippen molar-refractivity contribution in [3.8, 4) is 0 Å². The highest BCUT2D eigenvalue weighted by Crippen LogP contribution is 2.63. The van der Waals surface area contributed by atoms with Crippen molar-refractivity contribution >= 4 is 12.3 Å². The topological polar surface area (TPSA) is 74.6 Å². The smallest absolute Gasteiger partial charge is 0.313 e. The largest absolute Gasteiger partial charge is 0.481 e. The monoisotopic (exact) mass is 332 g/mol. The van der Waals surface area contributed by atoms with E-state index in [9.17, 15) is 19.8 Å². The molecule has 0 radical (unpaired) electrons. The Morgan fingerprint density at radius 2 is 2.04 bits per heavy atom. The van der Waals surface area contributed by atoms with Gasteiger partial charge in [0.05, 0.1) is 11.5 Å². The van der Waals surface area contributed by atoms with E-state index in [2.05, 4.69) is 20.8 Å². The van der Waals surface area contributed by atoms with E-state index in [0.717, 1.165) is 18.3 Å². The molecular formula is C20H28O4. The lowest BCUT2D eigenvalue weighted by molar-refractivity contribution is -0.151. The van der Waals surface area contributed by atoms with Gasteiger partial charge >= 0.3 is 5.97 Å². The third kappa shape index (κ3) is 2.30. The minimum absolute atomic E-state index is 0.00898. The van der Waals surface area contributed by atoms with Crippen LogP contribution in [-0.2, 0) is 9.59 Å². The van der Waals surface area contributed by atoms with Crippen LogP contribution in [0.25, 0.3) is 0 Å². The molecule has 3 aliphatic carbocycles. The zero-order valence-electron chi connectivity index (χ0n) is 14.8. The van der Waals surface area contributed by atoms with Gasteiger partial charge in [0.15, 0.2) is 0 Å². The van der Waals surface area contributed by atoms with Gasteiger partial charge in [-0.1, -0.05) is 32.4 Å². The van der Waals surface area contributed by atoms with Gasteiger partial charge in [0.2, 0.25) is 0 Å². The quantitative estimate of drug-likeness (QED) is 0.613. The molecule has 0 bridgehead atoms. The Bertz CT molecular complexity index is 630. The second-order valence-corrected chi connectivity index (χ2v) is 8.39. The Balaban J connectivity index is 2.17. The summed E-state index contributed by atoms with van der Waals surface area (Å²) >= 11 is 0. The van der Waals surface area contributed by atoms with Crippen LogP contribution in [0.1, 0.15) is 59.3 Å². The van der Waals surface area contributed by atoms with Crippen LogP contribution in [0, 0.1) is 22.7 Å². The fourth-order valence-electron chi connectivity index (χ4n) is 5.35. The number of carboxylic acid groups (broad SMARTS) is 1. The Hall–Kier alpha value is -1.42. The number of carboxylic acids is 1. The molecule has 0 amide bonds. The first-order chi connectivity index (χ1) is 11.3. The van der Waals surface area contributed by atoms with E-state index in [1.165, 1.54) is 5.57 Å². The predicted molar refractivity (Wildman–Crippen MR) is 91.4 cm³/mol. The lowest BCUT2D eigenvalue weighted by Crippen LogP contribution is -2.49. The number of aliphatic hydroxyl groups is 1. The fourth-order valence-corrected chi connectivity index (χ4v) is 5.35. The summed E-state index contributed by atoms with van der Waals surface area (Å²) in [6.45, 7) is 6.34. The second-order valence-electron chi connectivity index (χ2n) is 8.39. The zero-order valence-corrected chi connectivity index (χ0v) is 14.8. The number of carbonyl (C=O) groups is 2. The molecule has 0 aromatic rings. The van der Waals surface area contributed by atoms with Gasteiger partial charge in [-0.3, -0.25) is 9.59 Å². The Morgan fingerprint density at radius 3 is 2.62 bits per heavy atom. The molecule has 1 unspecified atom stereocenters. The van der Waals surface area contributed by atoms with Crippen molar-refractivity contribution < 1.29 is 19.8 Å². The van der Waals surface area contributed by atoms with E-state index >= 15 is 0 Å². The first-order valence-corrected chi connectivity index (χ1v) is 9.05. The molecule has 24 heavy (non-hydrogen) atoms. The molecule has 0 aliphatic heterocycles.